The molecule has 1 atom stereocenters. The third-order valence-corrected chi connectivity index (χ3v) is 3.74. The zero-order valence-corrected chi connectivity index (χ0v) is 12.2. The van der Waals surface area contributed by atoms with Crippen LogP contribution in [0, 0.1) is 11.6 Å². The Morgan fingerprint density at radius 1 is 1.00 bits per heavy atom. The Balaban J connectivity index is 2.51. The van der Waals surface area contributed by atoms with Gasteiger partial charge in [-0.1, -0.05) is 44.0 Å². The third-order valence-electron chi connectivity index (χ3n) is 2.53. The Hall–Kier alpha value is -0.780. The second-order valence-corrected chi connectivity index (χ2v) is 5.48. The molecule has 5 heteroatoms. The maximum atomic E-state index is 13.6. The van der Waals surface area contributed by atoms with Gasteiger partial charge in [-0.15, -0.1) is 0 Å². The molecule has 0 aliphatic heterocycles. The third kappa shape index (κ3) is 2.63. The van der Waals surface area contributed by atoms with Gasteiger partial charge in [0, 0.05) is 20.1 Å². The lowest BCUT2D eigenvalue weighted by molar-refractivity contribution is 0.212. The van der Waals surface area contributed by atoms with E-state index in [1.165, 1.54) is 12.1 Å². The fourth-order valence-electron chi connectivity index (χ4n) is 1.62. The Morgan fingerprint density at radius 3 is 2.44 bits per heavy atom. The molecule has 0 heterocycles. The number of aliphatic hydroxyl groups is 1. The van der Waals surface area contributed by atoms with Gasteiger partial charge >= 0.3 is 0 Å². The van der Waals surface area contributed by atoms with E-state index in [0.717, 1.165) is 10.5 Å². The quantitative estimate of drug-likeness (QED) is 0.812. The van der Waals surface area contributed by atoms with Gasteiger partial charge in [0.2, 0.25) is 0 Å². The number of halogens is 4. The van der Waals surface area contributed by atoms with Crippen molar-refractivity contribution in [2.24, 2.45) is 0 Å². The van der Waals surface area contributed by atoms with Gasteiger partial charge in [-0.05, 0) is 24.3 Å². The van der Waals surface area contributed by atoms with E-state index in [9.17, 15) is 13.9 Å². The number of benzene rings is 2. The minimum atomic E-state index is -1.23. The van der Waals surface area contributed by atoms with Gasteiger partial charge in [0.1, 0.15) is 6.10 Å². The number of aliphatic hydroxyl groups excluding tert-OH is 1. The molecule has 1 N–H and O–H groups in total. The van der Waals surface area contributed by atoms with Crippen LogP contribution < -0.4 is 0 Å². The highest BCUT2D eigenvalue weighted by molar-refractivity contribution is 9.11. The molecule has 0 saturated heterocycles. The van der Waals surface area contributed by atoms with Crippen LogP contribution in [0.4, 0.5) is 8.78 Å². The van der Waals surface area contributed by atoms with Crippen LogP contribution >= 0.6 is 31.9 Å². The number of hydrogen-bond acceptors (Lipinski definition) is 1. The van der Waals surface area contributed by atoms with E-state index in [1.54, 1.807) is 18.2 Å². The molecule has 0 aliphatic carbocycles. The van der Waals surface area contributed by atoms with Crippen molar-refractivity contribution in [2.45, 2.75) is 6.10 Å². The van der Waals surface area contributed by atoms with Crippen molar-refractivity contribution in [1.29, 1.82) is 0 Å². The molecule has 2 aromatic carbocycles. The van der Waals surface area contributed by atoms with E-state index >= 15 is 0 Å². The molecule has 2 aromatic rings. The molecule has 0 saturated carbocycles. The van der Waals surface area contributed by atoms with E-state index < -0.39 is 17.7 Å². The van der Waals surface area contributed by atoms with Gasteiger partial charge in [0.05, 0.1) is 0 Å². The van der Waals surface area contributed by atoms with Crippen molar-refractivity contribution in [3.63, 3.8) is 0 Å². The lowest BCUT2D eigenvalue weighted by atomic mass is 10.0. The van der Waals surface area contributed by atoms with E-state index in [2.05, 4.69) is 31.9 Å². The molecule has 18 heavy (non-hydrogen) atoms. The molecule has 0 aromatic heterocycles. The second-order valence-electron chi connectivity index (χ2n) is 3.71. The van der Waals surface area contributed by atoms with Crippen LogP contribution in [0.1, 0.15) is 17.2 Å². The SMILES string of the molecule is OC(c1cc(Br)ccc1Br)c1cccc(F)c1F. The first-order valence-corrected chi connectivity index (χ1v) is 6.66. The summed E-state index contributed by atoms with van der Waals surface area (Å²) in [5.74, 6) is -2.01. The zero-order valence-electron chi connectivity index (χ0n) is 9.00. The van der Waals surface area contributed by atoms with Crippen LogP contribution in [0.25, 0.3) is 0 Å². The van der Waals surface area contributed by atoms with Gasteiger partial charge in [-0.2, -0.15) is 0 Å². The Kier molecular flexibility index (Phi) is 4.14. The molecule has 1 unspecified atom stereocenters. The van der Waals surface area contributed by atoms with Crippen LogP contribution in [0.5, 0.6) is 0 Å². The molecule has 0 spiro atoms. The van der Waals surface area contributed by atoms with Crippen LogP contribution in [0.2, 0.25) is 0 Å². The monoisotopic (exact) mass is 376 g/mol. The maximum Gasteiger partial charge on any atom is 0.164 e. The van der Waals surface area contributed by atoms with E-state index in [1.807, 2.05) is 0 Å². The summed E-state index contributed by atoms with van der Waals surface area (Å²) in [6, 6.07) is 8.89. The Morgan fingerprint density at radius 2 is 1.72 bits per heavy atom. The average Bonchev–Trinajstić information content (AvgIpc) is 2.35. The summed E-state index contributed by atoms with van der Waals surface area (Å²) in [6.45, 7) is 0. The van der Waals surface area contributed by atoms with Crippen LogP contribution in [-0.2, 0) is 0 Å². The molecule has 0 aliphatic rings. The van der Waals surface area contributed by atoms with E-state index in [0.29, 0.717) is 10.0 Å². The Labute approximate surface area is 120 Å². The van der Waals surface area contributed by atoms with Gasteiger partial charge in [-0.25, -0.2) is 8.78 Å². The zero-order chi connectivity index (χ0) is 13.3. The first-order chi connectivity index (χ1) is 8.50. The van der Waals surface area contributed by atoms with Crippen LogP contribution in [0.3, 0.4) is 0 Å². The van der Waals surface area contributed by atoms with E-state index in [4.69, 9.17) is 0 Å². The highest BCUT2D eigenvalue weighted by Crippen LogP contribution is 2.32. The summed E-state index contributed by atoms with van der Waals surface area (Å²) >= 11 is 6.54. The minimum absolute atomic E-state index is 0.0891. The highest BCUT2D eigenvalue weighted by Gasteiger charge is 2.19. The maximum absolute atomic E-state index is 13.6. The molecule has 0 fully saturated rings. The molecule has 94 valence electrons. The molecular formula is C13H8Br2F2O. The largest absolute Gasteiger partial charge is 0.384 e. The lowest BCUT2D eigenvalue weighted by Crippen LogP contribution is -2.05. The van der Waals surface area contributed by atoms with E-state index in [-0.39, 0.29) is 5.56 Å². The average molecular weight is 378 g/mol. The fourth-order valence-corrected chi connectivity index (χ4v) is 2.47. The minimum Gasteiger partial charge on any atom is -0.384 e. The first kappa shape index (κ1) is 13.6. The molecule has 0 bridgehead atoms. The summed E-state index contributed by atoms with van der Waals surface area (Å²) in [5.41, 5.74) is 0.377. The standard InChI is InChI=1S/C13H8Br2F2O/c14-7-4-5-10(15)9(6-7)13(18)8-2-1-3-11(16)12(8)17/h1-6,13,18H. The van der Waals surface area contributed by atoms with Crippen molar-refractivity contribution in [2.75, 3.05) is 0 Å². The van der Waals surface area contributed by atoms with Crippen LogP contribution in [-0.4, -0.2) is 5.11 Å². The Bertz CT molecular complexity index is 585. The molecule has 0 amide bonds. The predicted molar refractivity (Wildman–Crippen MR) is 72.3 cm³/mol. The summed E-state index contributed by atoms with van der Waals surface area (Å²) in [6.07, 6.45) is -1.23. The van der Waals surface area contributed by atoms with Crippen molar-refractivity contribution in [1.82, 2.24) is 0 Å². The predicted octanol–water partition coefficient (Wildman–Crippen LogP) is 4.57. The van der Waals surface area contributed by atoms with Crippen molar-refractivity contribution >= 4 is 31.9 Å². The molecule has 0 radical (unpaired) electrons. The van der Waals surface area contributed by atoms with Crippen molar-refractivity contribution < 1.29 is 13.9 Å². The van der Waals surface area contributed by atoms with Crippen molar-refractivity contribution in [3.8, 4) is 0 Å². The summed E-state index contributed by atoms with van der Waals surface area (Å²) < 4.78 is 28.1. The van der Waals surface area contributed by atoms with Gasteiger partial charge in [-0.3, -0.25) is 0 Å². The summed E-state index contributed by atoms with van der Waals surface area (Å²) in [4.78, 5) is 0. The highest BCUT2D eigenvalue weighted by atomic mass is 79.9. The fraction of sp³-hybridized carbons (Fsp3) is 0.0769. The van der Waals surface area contributed by atoms with Gasteiger partial charge in [0.15, 0.2) is 11.6 Å². The smallest absolute Gasteiger partial charge is 0.164 e. The summed E-state index contributed by atoms with van der Waals surface area (Å²) in [7, 11) is 0. The van der Waals surface area contributed by atoms with Crippen LogP contribution in [0.15, 0.2) is 45.3 Å². The topological polar surface area (TPSA) is 20.2 Å². The molecular weight excluding hydrogens is 370 g/mol. The number of hydrogen-bond donors (Lipinski definition) is 1. The summed E-state index contributed by atoms with van der Waals surface area (Å²) in [5, 5.41) is 10.1. The molecule has 1 nitrogen and oxygen atoms in total. The first-order valence-electron chi connectivity index (χ1n) is 5.07. The second kappa shape index (κ2) is 5.47. The van der Waals surface area contributed by atoms with Gasteiger partial charge < -0.3 is 5.11 Å². The lowest BCUT2D eigenvalue weighted by Gasteiger charge is -2.14. The molecule has 2 rings (SSSR count). The number of rotatable bonds is 2. The van der Waals surface area contributed by atoms with Crippen molar-refractivity contribution in [3.05, 3.63) is 68.1 Å². The van der Waals surface area contributed by atoms with Gasteiger partial charge in [0.25, 0.3) is 0 Å². The normalized spacial score (nSPS) is 12.5.